The number of pyridine rings is 1. The SMILES string of the molecule is Cc1cccn2c(=O)c(/C=C3\SC(=S)N(Cc4ccco4)C3=O)c(Oc3ccccc3F)nc12. The van der Waals surface area contributed by atoms with E-state index in [-0.39, 0.29) is 34.6 Å². The molecule has 0 bridgehead atoms. The number of thioether (sulfide) groups is 1. The van der Waals surface area contributed by atoms with E-state index in [9.17, 15) is 14.0 Å². The van der Waals surface area contributed by atoms with Gasteiger partial charge in [-0.3, -0.25) is 18.9 Å². The molecule has 5 rings (SSSR count). The van der Waals surface area contributed by atoms with Crippen LogP contribution in [0.15, 0.2) is 75.1 Å². The van der Waals surface area contributed by atoms with Crippen LogP contribution in [0.25, 0.3) is 11.7 Å². The molecule has 0 N–H and O–H groups in total. The minimum Gasteiger partial charge on any atom is -0.467 e. The van der Waals surface area contributed by atoms with Crippen LogP contribution in [0.1, 0.15) is 16.9 Å². The van der Waals surface area contributed by atoms with Crippen molar-refractivity contribution in [2.45, 2.75) is 13.5 Å². The number of nitrogens with zero attached hydrogens (tertiary/aromatic N) is 3. The van der Waals surface area contributed by atoms with Gasteiger partial charge in [-0.1, -0.05) is 42.2 Å². The number of benzene rings is 1. The van der Waals surface area contributed by atoms with Crippen molar-refractivity contribution in [2.24, 2.45) is 0 Å². The van der Waals surface area contributed by atoms with Crippen LogP contribution in [-0.2, 0) is 11.3 Å². The van der Waals surface area contributed by atoms with Gasteiger partial charge in [-0.25, -0.2) is 4.39 Å². The maximum atomic E-state index is 14.3. The second kappa shape index (κ2) is 8.88. The molecule has 1 aromatic carbocycles. The molecule has 0 spiro atoms. The quantitative estimate of drug-likeness (QED) is 0.288. The summed E-state index contributed by atoms with van der Waals surface area (Å²) >= 11 is 6.43. The van der Waals surface area contributed by atoms with E-state index in [0.29, 0.717) is 15.7 Å². The lowest BCUT2D eigenvalue weighted by atomic mass is 10.2. The molecular formula is C24H16FN3O4S2. The van der Waals surface area contributed by atoms with Gasteiger partial charge < -0.3 is 9.15 Å². The molecule has 3 aromatic heterocycles. The van der Waals surface area contributed by atoms with Gasteiger partial charge in [0.25, 0.3) is 11.5 Å². The third-order valence-corrected chi connectivity index (χ3v) is 6.51. The van der Waals surface area contributed by atoms with Gasteiger partial charge in [0.05, 0.1) is 17.7 Å². The third-order valence-electron chi connectivity index (χ3n) is 5.14. The van der Waals surface area contributed by atoms with E-state index >= 15 is 0 Å². The number of hydrogen-bond donors (Lipinski definition) is 0. The Kier molecular flexibility index (Phi) is 5.76. The number of carbonyl (C=O) groups excluding carboxylic acids is 1. The molecule has 4 heterocycles. The first-order chi connectivity index (χ1) is 16.4. The topological polar surface area (TPSA) is 77.0 Å². The highest BCUT2D eigenvalue weighted by molar-refractivity contribution is 8.26. The highest BCUT2D eigenvalue weighted by Gasteiger charge is 2.33. The maximum Gasteiger partial charge on any atom is 0.269 e. The van der Waals surface area contributed by atoms with Crippen molar-refractivity contribution in [1.82, 2.24) is 14.3 Å². The zero-order valence-corrected chi connectivity index (χ0v) is 19.4. The average Bonchev–Trinajstić information content (AvgIpc) is 3.42. The number of aryl methyl sites for hydroxylation is 1. The molecule has 0 aliphatic carbocycles. The van der Waals surface area contributed by atoms with E-state index in [0.717, 1.165) is 17.3 Å². The van der Waals surface area contributed by atoms with E-state index in [1.165, 1.54) is 39.8 Å². The van der Waals surface area contributed by atoms with Crippen molar-refractivity contribution in [2.75, 3.05) is 0 Å². The zero-order chi connectivity index (χ0) is 23.8. The van der Waals surface area contributed by atoms with Gasteiger partial charge in [-0.2, -0.15) is 4.98 Å². The predicted octanol–water partition coefficient (Wildman–Crippen LogP) is 4.93. The van der Waals surface area contributed by atoms with Crippen LogP contribution in [0.3, 0.4) is 0 Å². The molecule has 1 amide bonds. The van der Waals surface area contributed by atoms with Gasteiger partial charge in [0.1, 0.15) is 21.3 Å². The number of thiocarbonyl (C=S) groups is 1. The zero-order valence-electron chi connectivity index (χ0n) is 17.7. The molecule has 170 valence electrons. The number of para-hydroxylation sites is 1. The standard InChI is InChI=1S/C24H16FN3O4S2/c1-14-6-4-10-27-20(14)26-21(32-18-9-3-2-8-17(18)25)16(22(27)29)12-19-23(30)28(24(33)34-19)13-15-7-5-11-31-15/h2-12H,13H2,1H3/b19-12-. The Labute approximate surface area is 202 Å². The van der Waals surface area contributed by atoms with Crippen molar-refractivity contribution in [3.8, 4) is 11.6 Å². The number of furan rings is 1. The predicted molar refractivity (Wildman–Crippen MR) is 130 cm³/mol. The smallest absolute Gasteiger partial charge is 0.269 e. The van der Waals surface area contributed by atoms with Crippen LogP contribution in [0.2, 0.25) is 0 Å². The van der Waals surface area contributed by atoms with Crippen LogP contribution in [0, 0.1) is 12.7 Å². The van der Waals surface area contributed by atoms with Gasteiger partial charge in [0, 0.05) is 6.20 Å². The van der Waals surface area contributed by atoms with E-state index in [1.807, 2.05) is 0 Å². The minimum atomic E-state index is -0.606. The number of rotatable bonds is 5. The fourth-order valence-corrected chi connectivity index (χ4v) is 4.69. The summed E-state index contributed by atoms with van der Waals surface area (Å²) in [5.41, 5.74) is 0.636. The molecule has 1 saturated heterocycles. The summed E-state index contributed by atoms with van der Waals surface area (Å²) in [7, 11) is 0. The Morgan fingerprint density at radius 1 is 1.18 bits per heavy atom. The molecule has 4 aromatic rings. The number of hydrogen-bond acceptors (Lipinski definition) is 7. The Balaban J connectivity index is 1.62. The highest BCUT2D eigenvalue weighted by atomic mass is 32.2. The fraction of sp³-hybridized carbons (Fsp3) is 0.0833. The lowest BCUT2D eigenvalue weighted by Gasteiger charge is -2.12. The van der Waals surface area contributed by atoms with Gasteiger partial charge in [-0.05, 0) is 48.9 Å². The third kappa shape index (κ3) is 4.02. The first-order valence-electron chi connectivity index (χ1n) is 10.1. The molecule has 7 nitrogen and oxygen atoms in total. The number of carbonyl (C=O) groups is 1. The first kappa shape index (κ1) is 22.1. The molecular weight excluding hydrogens is 477 g/mol. The maximum absolute atomic E-state index is 14.3. The lowest BCUT2D eigenvalue weighted by molar-refractivity contribution is -0.122. The van der Waals surface area contributed by atoms with Crippen molar-refractivity contribution in [1.29, 1.82) is 0 Å². The number of amides is 1. The summed E-state index contributed by atoms with van der Waals surface area (Å²) in [6, 6.07) is 12.8. The van der Waals surface area contributed by atoms with Gasteiger partial charge in [0.2, 0.25) is 5.88 Å². The fourth-order valence-electron chi connectivity index (χ4n) is 3.45. The van der Waals surface area contributed by atoms with Crippen LogP contribution in [0.5, 0.6) is 11.6 Å². The number of ether oxygens (including phenoxy) is 1. The molecule has 10 heteroatoms. The molecule has 34 heavy (non-hydrogen) atoms. The molecule has 1 aliphatic rings. The summed E-state index contributed by atoms with van der Waals surface area (Å²) in [4.78, 5) is 32.6. The van der Waals surface area contributed by atoms with Crippen LogP contribution < -0.4 is 10.3 Å². The first-order valence-corrected chi connectivity index (χ1v) is 11.4. The number of aromatic nitrogens is 2. The minimum absolute atomic E-state index is 0.00449. The highest BCUT2D eigenvalue weighted by Crippen LogP contribution is 2.35. The van der Waals surface area contributed by atoms with E-state index < -0.39 is 11.4 Å². The van der Waals surface area contributed by atoms with Gasteiger partial charge >= 0.3 is 0 Å². The van der Waals surface area contributed by atoms with Gasteiger partial charge in [0.15, 0.2) is 11.6 Å². The number of halogens is 1. The monoisotopic (exact) mass is 493 g/mol. The lowest BCUT2D eigenvalue weighted by Crippen LogP contribution is -2.27. The Morgan fingerprint density at radius 2 is 2.00 bits per heavy atom. The van der Waals surface area contributed by atoms with Crippen LogP contribution in [-0.4, -0.2) is 24.5 Å². The van der Waals surface area contributed by atoms with Crippen molar-refractivity contribution in [3.63, 3.8) is 0 Å². The van der Waals surface area contributed by atoms with Crippen molar-refractivity contribution < 1.29 is 18.3 Å². The summed E-state index contributed by atoms with van der Waals surface area (Å²) in [6.07, 6.45) is 4.48. The molecule has 1 aliphatic heterocycles. The molecule has 0 atom stereocenters. The van der Waals surface area contributed by atoms with Crippen LogP contribution >= 0.6 is 24.0 Å². The molecule has 0 saturated carbocycles. The van der Waals surface area contributed by atoms with Gasteiger partial charge in [-0.15, -0.1) is 0 Å². The van der Waals surface area contributed by atoms with E-state index in [2.05, 4.69) is 4.98 Å². The second-order valence-corrected chi connectivity index (χ2v) is 9.08. The van der Waals surface area contributed by atoms with E-state index in [4.69, 9.17) is 21.4 Å². The Bertz CT molecular complexity index is 1530. The van der Waals surface area contributed by atoms with Crippen LogP contribution in [0.4, 0.5) is 4.39 Å². The largest absolute Gasteiger partial charge is 0.467 e. The normalized spacial score (nSPS) is 15.0. The van der Waals surface area contributed by atoms with E-state index in [1.54, 1.807) is 43.5 Å². The van der Waals surface area contributed by atoms with Crippen molar-refractivity contribution in [3.05, 3.63) is 99.0 Å². The number of fused-ring (bicyclic) bond motifs is 1. The molecule has 0 radical (unpaired) electrons. The summed E-state index contributed by atoms with van der Waals surface area (Å²) in [5, 5.41) is 0. The summed E-state index contributed by atoms with van der Waals surface area (Å²) in [5.74, 6) is -0.612. The molecule has 0 unspecified atom stereocenters. The average molecular weight is 494 g/mol. The van der Waals surface area contributed by atoms with Crippen molar-refractivity contribution >= 4 is 45.9 Å². The molecule has 1 fully saturated rings. The second-order valence-electron chi connectivity index (χ2n) is 7.40. The Morgan fingerprint density at radius 3 is 2.76 bits per heavy atom. The summed E-state index contributed by atoms with van der Waals surface area (Å²) in [6.45, 7) is 1.97. The Hall–Kier alpha value is -3.76. The summed E-state index contributed by atoms with van der Waals surface area (Å²) < 4.78 is 27.1.